The van der Waals surface area contributed by atoms with Crippen molar-refractivity contribution in [3.63, 3.8) is 0 Å². The first-order valence-corrected chi connectivity index (χ1v) is 12.7. The standard InChI is InChI=1S/C28H22Br2N2O4/c1-17-11-21(27(35)23(29)13-17)25(33)15-31-7-3-19(4-8-31)20-5-9-32(10-6-20)16-26(34)22-12-18(2)14-24(30)28(22)36/h3-14H,15-16H2,1-2H3/p+2. The fourth-order valence-corrected chi connectivity index (χ4v) is 5.06. The van der Waals surface area contributed by atoms with Crippen LogP contribution in [-0.2, 0) is 13.1 Å². The Kier molecular flexibility index (Phi) is 7.66. The van der Waals surface area contributed by atoms with Gasteiger partial charge in [0.05, 0.1) is 20.1 Å². The van der Waals surface area contributed by atoms with Gasteiger partial charge in [-0.3, -0.25) is 9.59 Å². The van der Waals surface area contributed by atoms with Crippen molar-refractivity contribution in [3.8, 4) is 22.6 Å². The van der Waals surface area contributed by atoms with E-state index >= 15 is 0 Å². The number of aryl methyl sites for hydroxylation is 2. The molecular weight excluding hydrogens is 588 g/mol. The van der Waals surface area contributed by atoms with Crippen LogP contribution in [0.25, 0.3) is 11.1 Å². The number of phenols is 2. The van der Waals surface area contributed by atoms with Crippen molar-refractivity contribution in [2.45, 2.75) is 26.9 Å². The molecule has 2 aromatic heterocycles. The van der Waals surface area contributed by atoms with Gasteiger partial charge in [0.25, 0.3) is 0 Å². The first-order valence-electron chi connectivity index (χ1n) is 11.2. The minimum Gasteiger partial charge on any atom is -0.506 e. The highest BCUT2D eigenvalue weighted by Gasteiger charge is 2.20. The lowest BCUT2D eigenvalue weighted by molar-refractivity contribution is -0.683. The summed E-state index contributed by atoms with van der Waals surface area (Å²) in [5, 5.41) is 20.5. The maximum absolute atomic E-state index is 12.7. The quantitative estimate of drug-likeness (QED) is 0.221. The molecule has 0 spiro atoms. The summed E-state index contributed by atoms with van der Waals surface area (Å²) in [6.45, 7) is 3.94. The number of carbonyl (C=O) groups is 2. The van der Waals surface area contributed by atoms with Gasteiger partial charge in [0.2, 0.25) is 24.7 Å². The van der Waals surface area contributed by atoms with E-state index in [1.165, 1.54) is 0 Å². The van der Waals surface area contributed by atoms with E-state index < -0.39 is 0 Å². The van der Waals surface area contributed by atoms with E-state index in [2.05, 4.69) is 31.9 Å². The molecule has 2 N–H and O–H groups in total. The van der Waals surface area contributed by atoms with Crippen molar-refractivity contribution in [3.05, 3.63) is 105 Å². The van der Waals surface area contributed by atoms with Crippen LogP contribution in [0.1, 0.15) is 31.8 Å². The lowest BCUT2D eigenvalue weighted by Gasteiger charge is -2.06. The molecule has 0 saturated carbocycles. The average Bonchev–Trinajstić information content (AvgIpc) is 2.84. The maximum Gasteiger partial charge on any atom is 0.231 e. The highest BCUT2D eigenvalue weighted by atomic mass is 79.9. The molecule has 0 unspecified atom stereocenters. The smallest absolute Gasteiger partial charge is 0.231 e. The van der Waals surface area contributed by atoms with Crippen molar-refractivity contribution < 1.29 is 28.9 Å². The van der Waals surface area contributed by atoms with Crippen LogP contribution >= 0.6 is 31.9 Å². The molecule has 0 radical (unpaired) electrons. The monoisotopic (exact) mass is 610 g/mol. The zero-order chi connectivity index (χ0) is 26.0. The fraction of sp³-hybridized carbons (Fsp3) is 0.143. The Balaban J connectivity index is 1.44. The summed E-state index contributed by atoms with van der Waals surface area (Å²) in [6.07, 6.45) is 7.27. The molecule has 0 saturated heterocycles. The molecule has 2 heterocycles. The van der Waals surface area contributed by atoms with Crippen molar-refractivity contribution >= 4 is 43.4 Å². The predicted molar refractivity (Wildman–Crippen MR) is 142 cm³/mol. The molecule has 4 aromatic rings. The second-order valence-corrected chi connectivity index (χ2v) is 10.4. The van der Waals surface area contributed by atoms with Crippen molar-refractivity contribution in [2.75, 3.05) is 0 Å². The maximum atomic E-state index is 12.7. The molecule has 0 fully saturated rings. The summed E-state index contributed by atoms with van der Waals surface area (Å²) in [6, 6.07) is 14.5. The van der Waals surface area contributed by atoms with Crippen molar-refractivity contribution in [1.29, 1.82) is 0 Å². The fourth-order valence-electron chi connectivity index (χ4n) is 3.91. The van der Waals surface area contributed by atoms with Gasteiger partial charge < -0.3 is 10.2 Å². The summed E-state index contributed by atoms with van der Waals surface area (Å²) in [7, 11) is 0. The molecule has 8 heteroatoms. The molecule has 36 heavy (non-hydrogen) atoms. The third-order valence-electron chi connectivity index (χ3n) is 5.78. The van der Waals surface area contributed by atoms with E-state index in [0.717, 1.165) is 22.3 Å². The largest absolute Gasteiger partial charge is 0.506 e. The minimum atomic E-state index is -0.188. The van der Waals surface area contributed by atoms with Crippen LogP contribution in [0.2, 0.25) is 0 Å². The molecule has 0 aliphatic carbocycles. The number of benzene rings is 2. The van der Waals surface area contributed by atoms with Gasteiger partial charge in [-0.2, -0.15) is 9.13 Å². The van der Waals surface area contributed by atoms with Crippen LogP contribution in [-0.4, -0.2) is 21.8 Å². The molecule has 0 aliphatic rings. The third kappa shape index (κ3) is 5.71. The van der Waals surface area contributed by atoms with Crippen LogP contribution < -0.4 is 9.13 Å². The van der Waals surface area contributed by atoms with Crippen LogP contribution in [0.5, 0.6) is 11.5 Å². The summed E-state index contributed by atoms with van der Waals surface area (Å²) < 4.78 is 4.52. The highest BCUT2D eigenvalue weighted by Crippen LogP contribution is 2.30. The number of aromatic nitrogens is 2. The molecular formula is C28H24Br2N2O4+2. The minimum absolute atomic E-state index is 0.0517. The van der Waals surface area contributed by atoms with Gasteiger partial charge in [-0.05, 0) is 92.2 Å². The highest BCUT2D eigenvalue weighted by molar-refractivity contribution is 9.10. The Morgan fingerprint density at radius 3 is 1.33 bits per heavy atom. The molecule has 4 rings (SSSR count). The Morgan fingerprint density at radius 1 is 0.667 bits per heavy atom. The molecule has 0 amide bonds. The number of carbonyl (C=O) groups excluding carboxylic acids is 2. The van der Waals surface area contributed by atoms with E-state index in [-0.39, 0.29) is 47.3 Å². The number of aromatic hydroxyl groups is 2. The van der Waals surface area contributed by atoms with Crippen LogP contribution in [0.15, 0.2) is 82.3 Å². The zero-order valence-electron chi connectivity index (χ0n) is 19.7. The SMILES string of the molecule is Cc1cc(Br)c(O)c(C(=O)C[n+]2ccc(-c3cc[n+](CC(=O)c4cc(C)cc(Br)c4O)cc3)cc2)c1. The molecule has 0 atom stereocenters. The van der Waals surface area contributed by atoms with E-state index in [1.54, 1.807) is 33.4 Å². The summed E-state index contributed by atoms with van der Waals surface area (Å²) in [5.41, 5.74) is 4.25. The second kappa shape index (κ2) is 10.7. The topological polar surface area (TPSA) is 82.4 Å². The molecule has 0 bridgehead atoms. The number of Topliss-reactive ketones (excluding diaryl/α,β-unsaturated/α-hetero) is 2. The number of rotatable bonds is 7. The zero-order valence-corrected chi connectivity index (χ0v) is 22.9. The Morgan fingerprint density at radius 2 is 1.00 bits per heavy atom. The van der Waals surface area contributed by atoms with E-state index in [0.29, 0.717) is 8.95 Å². The van der Waals surface area contributed by atoms with E-state index in [1.807, 2.05) is 62.9 Å². The van der Waals surface area contributed by atoms with Crippen LogP contribution in [0.4, 0.5) is 0 Å². The molecule has 182 valence electrons. The van der Waals surface area contributed by atoms with Crippen molar-refractivity contribution in [2.24, 2.45) is 0 Å². The Hall–Kier alpha value is -3.36. The molecule has 6 nitrogen and oxygen atoms in total. The second-order valence-electron chi connectivity index (χ2n) is 8.65. The van der Waals surface area contributed by atoms with Crippen molar-refractivity contribution in [1.82, 2.24) is 0 Å². The summed E-state index contributed by atoms with van der Waals surface area (Å²) >= 11 is 6.56. The summed E-state index contributed by atoms with van der Waals surface area (Å²) in [5.74, 6) is -0.480. The van der Waals surface area contributed by atoms with Gasteiger partial charge in [0.15, 0.2) is 24.8 Å². The Labute approximate surface area is 225 Å². The molecule has 0 aliphatic heterocycles. The number of pyridine rings is 2. The Bertz CT molecular complexity index is 1350. The molecule has 2 aromatic carbocycles. The van der Waals surface area contributed by atoms with Crippen LogP contribution in [0.3, 0.4) is 0 Å². The lowest BCUT2D eigenvalue weighted by Crippen LogP contribution is -2.37. The number of hydrogen-bond donors (Lipinski definition) is 2. The third-order valence-corrected chi connectivity index (χ3v) is 6.99. The van der Waals surface area contributed by atoms with Crippen LogP contribution in [0, 0.1) is 13.8 Å². The first-order chi connectivity index (χ1) is 17.1. The predicted octanol–water partition coefficient (Wildman–Crippen LogP) is 5.25. The van der Waals surface area contributed by atoms with Gasteiger partial charge in [0, 0.05) is 24.3 Å². The van der Waals surface area contributed by atoms with Gasteiger partial charge in [0.1, 0.15) is 11.5 Å². The number of nitrogens with zero attached hydrogens (tertiary/aromatic N) is 2. The lowest BCUT2D eigenvalue weighted by atomic mass is 10.1. The number of halogens is 2. The van der Waals surface area contributed by atoms with E-state index in [4.69, 9.17) is 0 Å². The first kappa shape index (κ1) is 25.7. The van der Waals surface area contributed by atoms with Gasteiger partial charge in [-0.15, -0.1) is 0 Å². The van der Waals surface area contributed by atoms with Gasteiger partial charge in [-0.25, -0.2) is 0 Å². The normalized spacial score (nSPS) is 10.9. The average molecular weight is 612 g/mol. The van der Waals surface area contributed by atoms with Gasteiger partial charge in [-0.1, -0.05) is 0 Å². The van der Waals surface area contributed by atoms with E-state index in [9.17, 15) is 19.8 Å². The number of hydrogen-bond acceptors (Lipinski definition) is 4. The van der Waals surface area contributed by atoms with Gasteiger partial charge >= 0.3 is 0 Å². The summed E-state index contributed by atoms with van der Waals surface area (Å²) in [4.78, 5) is 25.5. The number of phenolic OH excluding ortho intramolecular Hbond substituents is 2. The number of ketones is 2.